The highest BCUT2D eigenvalue weighted by molar-refractivity contribution is 8.00. The number of carbonyl (C=O) groups is 2. The number of benzene rings is 2. The van der Waals surface area contributed by atoms with E-state index in [1.807, 2.05) is 19.9 Å². The van der Waals surface area contributed by atoms with E-state index >= 15 is 0 Å². The highest BCUT2D eigenvalue weighted by atomic mass is 35.5. The van der Waals surface area contributed by atoms with Gasteiger partial charge in [0.2, 0.25) is 5.91 Å². The number of anilines is 2. The zero-order valence-corrected chi connectivity index (χ0v) is 20.3. The van der Waals surface area contributed by atoms with Crippen LogP contribution in [0.4, 0.5) is 11.4 Å². The normalized spacial score (nSPS) is 10.5. The first-order valence-corrected chi connectivity index (χ1v) is 11.4. The van der Waals surface area contributed by atoms with Crippen molar-refractivity contribution in [1.29, 1.82) is 0 Å². The summed E-state index contributed by atoms with van der Waals surface area (Å²) in [5.41, 5.74) is 3.10. The van der Waals surface area contributed by atoms with Gasteiger partial charge < -0.3 is 20.1 Å². The highest BCUT2D eigenvalue weighted by Crippen LogP contribution is 2.30. The maximum atomic E-state index is 13.0. The van der Waals surface area contributed by atoms with Crippen LogP contribution >= 0.6 is 23.4 Å². The van der Waals surface area contributed by atoms with E-state index in [0.717, 1.165) is 11.3 Å². The molecule has 0 aliphatic rings. The second-order valence-corrected chi connectivity index (χ2v) is 8.53. The summed E-state index contributed by atoms with van der Waals surface area (Å²) in [6.07, 6.45) is 0. The lowest BCUT2D eigenvalue weighted by molar-refractivity contribution is -0.113. The van der Waals surface area contributed by atoms with Crippen molar-refractivity contribution in [2.75, 3.05) is 30.6 Å². The van der Waals surface area contributed by atoms with Gasteiger partial charge in [-0.3, -0.25) is 9.59 Å². The lowest BCUT2D eigenvalue weighted by Crippen LogP contribution is -2.18. The van der Waals surface area contributed by atoms with Crippen molar-refractivity contribution in [1.82, 2.24) is 4.98 Å². The molecule has 1 heterocycles. The van der Waals surface area contributed by atoms with Gasteiger partial charge in [0.15, 0.2) is 0 Å². The average molecular weight is 486 g/mol. The fourth-order valence-electron chi connectivity index (χ4n) is 3.13. The van der Waals surface area contributed by atoms with E-state index in [1.165, 1.54) is 18.9 Å². The summed E-state index contributed by atoms with van der Waals surface area (Å²) in [7, 11) is 3.07. The Bertz CT molecular complexity index is 1170. The zero-order valence-electron chi connectivity index (χ0n) is 18.7. The molecular formula is C24H24ClN3O4S. The Balaban J connectivity index is 1.75. The van der Waals surface area contributed by atoms with Crippen molar-refractivity contribution in [2.24, 2.45) is 0 Å². The Hall–Kier alpha value is -3.23. The van der Waals surface area contributed by atoms with Gasteiger partial charge in [0, 0.05) is 22.5 Å². The minimum absolute atomic E-state index is 0.0618. The Morgan fingerprint density at radius 3 is 2.39 bits per heavy atom. The summed E-state index contributed by atoms with van der Waals surface area (Å²) in [4.78, 5) is 30.1. The quantitative estimate of drug-likeness (QED) is 0.418. The van der Waals surface area contributed by atoms with Crippen molar-refractivity contribution in [3.8, 4) is 11.5 Å². The molecule has 9 heteroatoms. The third-order valence-corrected chi connectivity index (χ3v) is 5.89. The van der Waals surface area contributed by atoms with Gasteiger partial charge in [-0.2, -0.15) is 0 Å². The number of hydrogen-bond donors (Lipinski definition) is 2. The van der Waals surface area contributed by atoms with E-state index < -0.39 is 0 Å². The number of thioether (sulfide) groups is 1. The van der Waals surface area contributed by atoms with Crippen molar-refractivity contribution >= 4 is 46.6 Å². The number of hydrogen-bond acceptors (Lipinski definition) is 6. The molecule has 0 fully saturated rings. The Kier molecular flexibility index (Phi) is 8.19. The van der Waals surface area contributed by atoms with Crippen LogP contribution in [0.25, 0.3) is 0 Å². The van der Waals surface area contributed by atoms with Crippen molar-refractivity contribution in [2.45, 2.75) is 18.9 Å². The van der Waals surface area contributed by atoms with Gasteiger partial charge >= 0.3 is 0 Å². The van der Waals surface area contributed by atoms with E-state index in [-0.39, 0.29) is 17.6 Å². The van der Waals surface area contributed by atoms with Crippen molar-refractivity contribution in [3.63, 3.8) is 0 Å². The number of aromatic nitrogens is 1. The van der Waals surface area contributed by atoms with Crippen molar-refractivity contribution < 1.29 is 19.1 Å². The lowest BCUT2D eigenvalue weighted by Gasteiger charge is -2.14. The van der Waals surface area contributed by atoms with Crippen LogP contribution in [0, 0.1) is 13.8 Å². The minimum atomic E-state index is -0.304. The summed E-state index contributed by atoms with van der Waals surface area (Å²) in [6, 6.07) is 13.8. The molecule has 2 amide bonds. The first-order chi connectivity index (χ1) is 15.8. The summed E-state index contributed by atoms with van der Waals surface area (Å²) >= 11 is 7.11. The van der Waals surface area contributed by atoms with Gasteiger partial charge in [-0.15, -0.1) is 0 Å². The molecule has 0 atom stereocenters. The molecule has 0 aliphatic carbocycles. The molecule has 1 aromatic heterocycles. The molecule has 0 bridgehead atoms. The monoisotopic (exact) mass is 485 g/mol. The zero-order chi connectivity index (χ0) is 24.0. The number of amides is 2. The van der Waals surface area contributed by atoms with Crippen LogP contribution < -0.4 is 20.1 Å². The standard InChI is InChI=1S/C24H24ClN3O4S/c1-14-11-15(2)26-24(22(14)23(30)27-17-7-5-16(25)6-8-17)33-13-21(29)28-19-10-9-18(31-3)12-20(19)32-4/h5-12H,13H2,1-4H3,(H,27,30)(H,28,29). The fourth-order valence-corrected chi connectivity index (χ4v) is 4.20. The first kappa shape index (κ1) is 24.4. The van der Waals surface area contributed by atoms with Crippen LogP contribution in [-0.4, -0.2) is 36.8 Å². The lowest BCUT2D eigenvalue weighted by atomic mass is 10.1. The average Bonchev–Trinajstić information content (AvgIpc) is 2.79. The molecule has 0 radical (unpaired) electrons. The van der Waals surface area contributed by atoms with Crippen LogP contribution in [0.5, 0.6) is 11.5 Å². The molecule has 0 saturated carbocycles. The van der Waals surface area contributed by atoms with E-state index in [1.54, 1.807) is 49.6 Å². The van der Waals surface area contributed by atoms with Crippen LogP contribution in [0.2, 0.25) is 5.02 Å². The number of nitrogens with zero attached hydrogens (tertiary/aromatic N) is 1. The van der Waals surface area contributed by atoms with Gasteiger partial charge in [-0.1, -0.05) is 23.4 Å². The van der Waals surface area contributed by atoms with E-state index in [2.05, 4.69) is 15.6 Å². The maximum absolute atomic E-state index is 13.0. The largest absolute Gasteiger partial charge is 0.497 e. The Morgan fingerprint density at radius 2 is 1.73 bits per heavy atom. The summed E-state index contributed by atoms with van der Waals surface area (Å²) < 4.78 is 10.5. The minimum Gasteiger partial charge on any atom is -0.497 e. The number of nitrogens with one attached hydrogen (secondary N) is 2. The van der Waals surface area contributed by atoms with E-state index in [9.17, 15) is 9.59 Å². The molecule has 0 spiro atoms. The number of aryl methyl sites for hydroxylation is 2. The second-order valence-electron chi connectivity index (χ2n) is 7.12. The van der Waals surface area contributed by atoms with Crippen LogP contribution in [-0.2, 0) is 4.79 Å². The van der Waals surface area contributed by atoms with Gasteiger partial charge in [0.1, 0.15) is 16.5 Å². The van der Waals surface area contributed by atoms with E-state index in [0.29, 0.717) is 38.5 Å². The molecule has 2 aromatic carbocycles. The van der Waals surface area contributed by atoms with Gasteiger partial charge in [-0.25, -0.2) is 4.98 Å². The predicted octanol–water partition coefficient (Wildman–Crippen LogP) is 5.35. The fraction of sp³-hybridized carbons (Fsp3) is 0.208. The third kappa shape index (κ3) is 6.40. The van der Waals surface area contributed by atoms with Crippen LogP contribution in [0.15, 0.2) is 53.6 Å². The molecule has 2 N–H and O–H groups in total. The maximum Gasteiger partial charge on any atom is 0.258 e. The molecular weight excluding hydrogens is 462 g/mol. The second kappa shape index (κ2) is 11.1. The molecule has 33 heavy (non-hydrogen) atoms. The van der Waals surface area contributed by atoms with Crippen LogP contribution in [0.1, 0.15) is 21.6 Å². The molecule has 0 aliphatic heterocycles. The summed E-state index contributed by atoms with van der Waals surface area (Å²) in [5.74, 6) is 0.609. The number of rotatable bonds is 8. The number of pyridine rings is 1. The van der Waals surface area contributed by atoms with Gasteiger partial charge in [0.05, 0.1) is 31.2 Å². The number of methoxy groups -OCH3 is 2. The Morgan fingerprint density at radius 1 is 1.00 bits per heavy atom. The number of ether oxygens (including phenoxy) is 2. The Labute approximate surface area is 201 Å². The SMILES string of the molecule is COc1ccc(NC(=O)CSc2nc(C)cc(C)c2C(=O)Nc2ccc(Cl)cc2)c(OC)c1. The summed E-state index contributed by atoms with van der Waals surface area (Å²) in [5, 5.41) is 6.75. The van der Waals surface area contributed by atoms with Crippen LogP contribution in [0.3, 0.4) is 0 Å². The number of carbonyl (C=O) groups excluding carboxylic acids is 2. The predicted molar refractivity (Wildman–Crippen MR) is 132 cm³/mol. The van der Waals surface area contributed by atoms with Gasteiger partial charge in [0.25, 0.3) is 5.91 Å². The number of halogens is 1. The highest BCUT2D eigenvalue weighted by Gasteiger charge is 2.19. The molecule has 3 rings (SSSR count). The third-order valence-electron chi connectivity index (χ3n) is 4.66. The van der Waals surface area contributed by atoms with E-state index in [4.69, 9.17) is 21.1 Å². The van der Waals surface area contributed by atoms with Crippen molar-refractivity contribution in [3.05, 3.63) is 70.4 Å². The molecule has 7 nitrogen and oxygen atoms in total. The molecule has 0 unspecified atom stereocenters. The molecule has 0 saturated heterocycles. The summed E-state index contributed by atoms with van der Waals surface area (Å²) in [6.45, 7) is 3.69. The molecule has 3 aromatic rings. The topological polar surface area (TPSA) is 89.5 Å². The molecule has 172 valence electrons. The first-order valence-electron chi connectivity index (χ1n) is 10.0. The van der Waals surface area contributed by atoms with Gasteiger partial charge in [-0.05, 0) is 61.9 Å². The smallest absolute Gasteiger partial charge is 0.258 e.